The molecule has 1 aromatic heterocycles. The molecule has 0 radical (unpaired) electrons. The van der Waals surface area contributed by atoms with Gasteiger partial charge in [0, 0.05) is 29.1 Å². The van der Waals surface area contributed by atoms with E-state index in [2.05, 4.69) is 10.8 Å². The molecule has 6 aromatic rings. The summed E-state index contributed by atoms with van der Waals surface area (Å²) in [6.07, 6.45) is 0.324. The molecule has 278 valence electrons. The van der Waals surface area contributed by atoms with Crippen molar-refractivity contribution in [1.82, 2.24) is 15.4 Å². The maximum Gasteiger partial charge on any atom is 0.408 e. The zero-order valence-corrected chi connectivity index (χ0v) is 29.5. The van der Waals surface area contributed by atoms with Crippen LogP contribution in [0.25, 0.3) is 10.9 Å². The Bertz CT molecular complexity index is 2150. The summed E-state index contributed by atoms with van der Waals surface area (Å²) in [6, 6.07) is 33.0. The number of carbonyl (C=O) groups is 2. The van der Waals surface area contributed by atoms with Crippen molar-refractivity contribution in [1.29, 1.82) is 0 Å². The largest absolute Gasteiger partial charge is 0.444 e. The number of hydroxylamine groups is 1. The summed E-state index contributed by atoms with van der Waals surface area (Å²) in [5.41, 5.74) is 2.14. The van der Waals surface area contributed by atoms with Crippen LogP contribution in [-0.4, -0.2) is 28.2 Å². The number of benzene rings is 5. The van der Waals surface area contributed by atoms with E-state index in [0.717, 1.165) is 0 Å². The molecular formula is C42H36F5N3O4. The summed E-state index contributed by atoms with van der Waals surface area (Å²) in [6.45, 7) is 4.25. The number of aromatic nitrogens is 1. The third-order valence-electron chi connectivity index (χ3n) is 8.78. The summed E-state index contributed by atoms with van der Waals surface area (Å²) >= 11 is 0. The van der Waals surface area contributed by atoms with Gasteiger partial charge in [0.25, 0.3) is 5.91 Å². The smallest absolute Gasteiger partial charge is 0.408 e. The van der Waals surface area contributed by atoms with Crippen LogP contribution in [0.4, 0.5) is 26.7 Å². The van der Waals surface area contributed by atoms with Crippen LogP contribution in [0.5, 0.6) is 0 Å². The average molecular weight is 742 g/mol. The first-order valence-corrected chi connectivity index (χ1v) is 17.0. The van der Waals surface area contributed by atoms with Gasteiger partial charge in [-0.2, -0.15) is 0 Å². The molecule has 1 unspecified atom stereocenters. The predicted molar refractivity (Wildman–Crippen MR) is 193 cm³/mol. The average Bonchev–Trinajstić information content (AvgIpc) is 3.52. The van der Waals surface area contributed by atoms with Crippen LogP contribution < -0.4 is 10.8 Å². The van der Waals surface area contributed by atoms with Crippen molar-refractivity contribution in [2.45, 2.75) is 51.0 Å². The molecule has 1 heterocycles. The Morgan fingerprint density at radius 1 is 0.667 bits per heavy atom. The molecule has 0 saturated heterocycles. The van der Waals surface area contributed by atoms with Gasteiger partial charge in [0.15, 0.2) is 28.9 Å². The van der Waals surface area contributed by atoms with Crippen molar-refractivity contribution in [2.75, 3.05) is 0 Å². The van der Waals surface area contributed by atoms with Gasteiger partial charge in [-0.3, -0.25) is 9.63 Å². The summed E-state index contributed by atoms with van der Waals surface area (Å²) in [7, 11) is 0. The van der Waals surface area contributed by atoms with Gasteiger partial charge in [-0.1, -0.05) is 109 Å². The molecule has 12 heteroatoms. The maximum atomic E-state index is 14.8. The normalized spacial score (nSPS) is 12.4. The molecule has 5 aromatic carbocycles. The molecule has 0 fully saturated rings. The highest BCUT2D eigenvalue weighted by Gasteiger charge is 2.40. The highest BCUT2D eigenvalue weighted by Crippen LogP contribution is 2.40. The van der Waals surface area contributed by atoms with Crippen LogP contribution in [0.1, 0.15) is 48.6 Å². The minimum atomic E-state index is -2.26. The molecule has 2 N–H and O–H groups in total. The molecule has 1 atom stereocenters. The molecule has 54 heavy (non-hydrogen) atoms. The lowest BCUT2D eigenvalue weighted by molar-refractivity contribution is -0.145. The topological polar surface area (TPSA) is 81.6 Å². The number of rotatable bonds is 11. The molecule has 0 aliphatic rings. The lowest BCUT2D eigenvalue weighted by Crippen LogP contribution is -2.51. The number of nitrogens with one attached hydrogen (secondary N) is 2. The number of ether oxygens (including phenoxy) is 1. The number of alkyl carbamates (subject to hydrolysis) is 1. The summed E-state index contributed by atoms with van der Waals surface area (Å²) in [5, 5.41) is 3.12. The molecule has 6 rings (SSSR count). The molecule has 7 nitrogen and oxygen atoms in total. The van der Waals surface area contributed by atoms with Crippen LogP contribution in [0.15, 0.2) is 121 Å². The van der Waals surface area contributed by atoms with E-state index >= 15 is 0 Å². The number of hydrogen-bond acceptors (Lipinski definition) is 4. The molecule has 0 aliphatic heterocycles. The van der Waals surface area contributed by atoms with Gasteiger partial charge in [-0.05, 0) is 49.1 Å². The van der Waals surface area contributed by atoms with Crippen LogP contribution in [-0.2, 0) is 32.9 Å². The highest BCUT2D eigenvalue weighted by molar-refractivity contribution is 5.88. The number of para-hydroxylation sites is 1. The summed E-state index contributed by atoms with van der Waals surface area (Å²) < 4.78 is 78.4. The number of amides is 2. The Kier molecular flexibility index (Phi) is 10.9. The number of halogens is 5. The molecule has 0 spiro atoms. The van der Waals surface area contributed by atoms with Crippen LogP contribution >= 0.6 is 0 Å². The fraction of sp³-hybridized carbons (Fsp3) is 0.190. The van der Waals surface area contributed by atoms with Gasteiger partial charge in [0.2, 0.25) is 5.82 Å². The Balaban J connectivity index is 1.39. The lowest BCUT2D eigenvalue weighted by Gasteiger charge is -2.35. The molecule has 0 bridgehead atoms. The maximum absolute atomic E-state index is 14.8. The Labute approximate surface area is 308 Å². The van der Waals surface area contributed by atoms with Gasteiger partial charge < -0.3 is 14.6 Å². The van der Waals surface area contributed by atoms with Gasteiger partial charge >= 0.3 is 6.09 Å². The SMILES string of the molecule is CC(C)(C)OC(=O)NC(Cc1cn(Cc2c(F)c(F)c(F)c(F)c2F)c2ccccc12)C(=O)NOC(c1ccccc1)(c1ccccc1)c1ccccc1. The van der Waals surface area contributed by atoms with Crippen LogP contribution in [0.2, 0.25) is 0 Å². The second-order valence-electron chi connectivity index (χ2n) is 13.6. The minimum Gasteiger partial charge on any atom is -0.444 e. The van der Waals surface area contributed by atoms with Crippen molar-refractivity contribution >= 4 is 22.9 Å². The highest BCUT2D eigenvalue weighted by atomic mass is 19.2. The van der Waals surface area contributed by atoms with Crippen LogP contribution in [0, 0.1) is 29.1 Å². The quantitative estimate of drug-likeness (QED) is 0.0457. The van der Waals surface area contributed by atoms with E-state index in [1.54, 1.807) is 45.0 Å². The number of nitrogens with zero attached hydrogens (tertiary/aromatic N) is 1. The first-order chi connectivity index (χ1) is 25.8. The summed E-state index contributed by atoms with van der Waals surface area (Å²) in [4.78, 5) is 33.9. The molecule has 0 saturated carbocycles. The third kappa shape index (κ3) is 7.69. The first-order valence-electron chi connectivity index (χ1n) is 17.0. The Morgan fingerprint density at radius 2 is 1.13 bits per heavy atom. The van der Waals surface area contributed by atoms with Gasteiger partial charge in [-0.15, -0.1) is 0 Å². The monoisotopic (exact) mass is 741 g/mol. The van der Waals surface area contributed by atoms with Crippen LogP contribution in [0.3, 0.4) is 0 Å². The zero-order chi connectivity index (χ0) is 38.6. The standard InChI is InChI=1S/C42H36F5N3O4/c1-41(2,3)53-40(52)48-32(23-26-24-50(33-22-14-13-21-30(26)33)25-31-34(43)36(45)38(47)37(46)35(31)44)39(51)49-54-42(27-15-7-4-8-16-27,28-17-9-5-10-18-28)29-19-11-6-12-20-29/h4-22,24,32H,23,25H2,1-3H3,(H,48,52)(H,49,51). The fourth-order valence-electron chi connectivity index (χ4n) is 6.35. The van der Waals surface area contributed by atoms with Gasteiger partial charge in [0.05, 0.1) is 6.54 Å². The van der Waals surface area contributed by atoms with Gasteiger partial charge in [0.1, 0.15) is 11.6 Å². The number of carbonyl (C=O) groups excluding carboxylic acids is 2. The first kappa shape index (κ1) is 37.7. The number of hydrogen-bond donors (Lipinski definition) is 2. The van der Waals surface area contributed by atoms with E-state index in [1.165, 1.54) is 10.8 Å². The fourth-order valence-corrected chi connectivity index (χ4v) is 6.35. The zero-order valence-electron chi connectivity index (χ0n) is 29.5. The lowest BCUT2D eigenvalue weighted by atomic mass is 9.80. The van der Waals surface area contributed by atoms with Crippen molar-refractivity contribution in [3.8, 4) is 0 Å². The Hall–Kier alpha value is -6.01. The van der Waals surface area contributed by atoms with Crippen molar-refractivity contribution in [3.05, 3.63) is 178 Å². The van der Waals surface area contributed by atoms with Gasteiger partial charge in [-0.25, -0.2) is 32.2 Å². The molecule has 2 amide bonds. The second-order valence-corrected chi connectivity index (χ2v) is 13.6. The van der Waals surface area contributed by atoms with E-state index in [-0.39, 0.29) is 6.42 Å². The summed E-state index contributed by atoms with van der Waals surface area (Å²) in [5.74, 6) is -11.1. The van der Waals surface area contributed by atoms with Crippen molar-refractivity contribution in [2.24, 2.45) is 0 Å². The molecule has 0 aliphatic carbocycles. The molecular weight excluding hydrogens is 705 g/mol. The third-order valence-corrected chi connectivity index (χ3v) is 8.78. The van der Waals surface area contributed by atoms with E-state index in [4.69, 9.17) is 9.57 Å². The van der Waals surface area contributed by atoms with E-state index in [9.17, 15) is 31.5 Å². The van der Waals surface area contributed by atoms with Crippen molar-refractivity contribution in [3.63, 3.8) is 0 Å². The van der Waals surface area contributed by atoms with E-state index in [1.807, 2.05) is 91.0 Å². The van der Waals surface area contributed by atoms with E-state index in [0.29, 0.717) is 33.2 Å². The minimum absolute atomic E-state index is 0.200. The van der Waals surface area contributed by atoms with Crippen molar-refractivity contribution < 1.29 is 41.1 Å². The predicted octanol–water partition coefficient (Wildman–Crippen LogP) is 8.86. The number of fused-ring (bicyclic) bond motifs is 1. The second kappa shape index (κ2) is 15.5. The van der Waals surface area contributed by atoms with E-state index < -0.39 is 70.4 Å². The Morgan fingerprint density at radius 3 is 1.63 bits per heavy atom.